The van der Waals surface area contributed by atoms with Gasteiger partial charge in [0.05, 0.1) is 12.1 Å². The Hall–Kier alpha value is -1.72. The maximum absolute atomic E-state index is 13.2. The third-order valence-electron chi connectivity index (χ3n) is 4.21. The van der Waals surface area contributed by atoms with E-state index >= 15 is 0 Å². The van der Waals surface area contributed by atoms with E-state index in [0.717, 1.165) is 4.31 Å². The van der Waals surface area contributed by atoms with Crippen molar-refractivity contribution in [3.8, 4) is 0 Å². The van der Waals surface area contributed by atoms with Crippen LogP contribution in [0.3, 0.4) is 0 Å². The molecule has 2 fully saturated rings. The van der Waals surface area contributed by atoms with Crippen LogP contribution in [0.15, 0.2) is 29.2 Å². The molecular weight excluding hydrogens is 364 g/mol. The van der Waals surface area contributed by atoms with Crippen LogP contribution in [0.5, 0.6) is 0 Å². The molecule has 3 rings (SSSR count). The summed E-state index contributed by atoms with van der Waals surface area (Å²) in [5.41, 5.74) is -0.384. The van der Waals surface area contributed by atoms with E-state index in [4.69, 9.17) is 9.47 Å². The second-order valence-corrected chi connectivity index (χ2v) is 9.00. The lowest BCUT2D eigenvalue weighted by molar-refractivity contribution is -0.499. The van der Waals surface area contributed by atoms with Gasteiger partial charge < -0.3 is 25.6 Å². The molecule has 10 heteroatoms. The van der Waals surface area contributed by atoms with Crippen molar-refractivity contribution in [3.05, 3.63) is 29.5 Å². The van der Waals surface area contributed by atoms with Crippen LogP contribution in [0.4, 0.5) is 10.5 Å². The first kappa shape index (κ1) is 20.6. The Morgan fingerprint density at radius 2 is 1.96 bits per heavy atom. The van der Waals surface area contributed by atoms with Crippen LogP contribution >= 0.6 is 0 Å². The Bertz CT molecular complexity index is 775. The molecule has 1 heterocycles. The van der Waals surface area contributed by atoms with Crippen molar-refractivity contribution >= 4 is 21.8 Å². The van der Waals surface area contributed by atoms with Crippen LogP contribution in [-0.4, -0.2) is 48.1 Å². The molecule has 0 bridgehead atoms. The third kappa shape index (κ3) is 3.84. The molecule has 0 spiro atoms. The number of hydrogen-bond acceptors (Lipinski definition) is 6. The minimum atomic E-state index is -4.26. The van der Waals surface area contributed by atoms with E-state index in [2.05, 4.69) is 0 Å². The van der Waals surface area contributed by atoms with E-state index < -0.39 is 27.8 Å². The zero-order valence-electron chi connectivity index (χ0n) is 14.8. The van der Waals surface area contributed by atoms with Crippen molar-refractivity contribution in [3.63, 3.8) is 0 Å². The largest absolute Gasteiger partial charge is 0.630 e. The molecule has 1 aromatic carbocycles. The van der Waals surface area contributed by atoms with Gasteiger partial charge in [0.25, 0.3) is 10.0 Å². The summed E-state index contributed by atoms with van der Waals surface area (Å²) in [6, 6.07) is 5.17. The Balaban J connectivity index is 0.00000243. The van der Waals surface area contributed by atoms with Crippen molar-refractivity contribution in [2.75, 3.05) is 0 Å². The number of benzene rings is 1. The molecule has 1 aliphatic heterocycles. The first-order valence-corrected chi connectivity index (χ1v) is 9.56. The summed E-state index contributed by atoms with van der Waals surface area (Å²) in [5.74, 6) is 0. The first-order chi connectivity index (χ1) is 11.6. The van der Waals surface area contributed by atoms with E-state index in [-0.39, 0.29) is 28.3 Å². The Morgan fingerprint density at radius 3 is 2.46 bits per heavy atom. The molecule has 2 aliphatic rings. The van der Waals surface area contributed by atoms with Crippen molar-refractivity contribution in [2.24, 2.45) is 0 Å². The van der Waals surface area contributed by atoms with Gasteiger partial charge in [-0.3, -0.25) is 0 Å². The molecule has 1 amide bonds. The van der Waals surface area contributed by atoms with E-state index in [1.54, 1.807) is 26.8 Å². The van der Waals surface area contributed by atoms with Crippen LogP contribution in [0.2, 0.25) is 0 Å². The number of carbonyl (C=O) groups is 1. The Kier molecular flexibility index (Phi) is 5.64. The highest BCUT2D eigenvalue weighted by atomic mass is 32.2. The number of epoxide rings is 1. The van der Waals surface area contributed by atoms with Gasteiger partial charge >= 0.3 is 6.09 Å². The average molecular weight is 388 g/mol. The standard InChI is InChI=1S/C16H22N2O6S.H2O/c1-16(2,3)24-15(19)18(11-8-9-12-14(11)23-12)25(21,22)13-7-5-4-6-10(13)17-20;/h4-7,11-12,14H,8-9,17H2,1-3H3;1H2/t11-,12?,14+;/m0./s1. The number of rotatable bonds is 4. The van der Waals surface area contributed by atoms with Gasteiger partial charge in [-0.05, 0) is 39.7 Å². The summed E-state index contributed by atoms with van der Waals surface area (Å²) < 4.78 is 37.9. The van der Waals surface area contributed by atoms with Gasteiger partial charge in [0, 0.05) is 6.07 Å². The van der Waals surface area contributed by atoms with Gasteiger partial charge in [0.1, 0.15) is 22.3 Å². The monoisotopic (exact) mass is 388 g/mol. The van der Waals surface area contributed by atoms with Gasteiger partial charge in [-0.25, -0.2) is 13.2 Å². The topological polar surface area (TPSA) is 147 Å². The predicted molar refractivity (Wildman–Crippen MR) is 92.0 cm³/mol. The molecular formula is C16H24N2O7S. The van der Waals surface area contributed by atoms with Crippen LogP contribution in [-0.2, 0) is 19.5 Å². The molecule has 26 heavy (non-hydrogen) atoms. The summed E-state index contributed by atoms with van der Waals surface area (Å²) in [4.78, 5) is 12.5. The lowest BCUT2D eigenvalue weighted by Crippen LogP contribution is -2.70. The third-order valence-corrected chi connectivity index (χ3v) is 6.07. The number of carbonyl (C=O) groups excluding carboxylic acids is 1. The van der Waals surface area contributed by atoms with E-state index in [1.165, 1.54) is 18.2 Å². The molecule has 4 N–H and O–H groups in total. The minimum absolute atomic E-state index is 0. The summed E-state index contributed by atoms with van der Waals surface area (Å²) in [6.45, 7) is 5.00. The highest BCUT2D eigenvalue weighted by Gasteiger charge is 2.57. The smallest absolute Gasteiger partial charge is 0.424 e. The van der Waals surface area contributed by atoms with Gasteiger partial charge in [-0.2, -0.15) is 4.31 Å². The molecule has 9 nitrogen and oxygen atoms in total. The van der Waals surface area contributed by atoms with Crippen molar-refractivity contribution in [1.82, 2.24) is 4.31 Å². The van der Waals surface area contributed by atoms with E-state index in [0.29, 0.717) is 18.3 Å². The molecule has 146 valence electrons. The van der Waals surface area contributed by atoms with Crippen molar-refractivity contribution in [2.45, 2.75) is 62.4 Å². The second kappa shape index (κ2) is 7.12. The summed E-state index contributed by atoms with van der Waals surface area (Å²) in [7, 11) is -4.26. The molecule has 1 saturated heterocycles. The van der Waals surface area contributed by atoms with Crippen LogP contribution < -0.4 is 5.48 Å². The van der Waals surface area contributed by atoms with Crippen LogP contribution in [0.25, 0.3) is 0 Å². The van der Waals surface area contributed by atoms with Crippen LogP contribution in [0.1, 0.15) is 33.6 Å². The number of hydrogen-bond donors (Lipinski definition) is 1. The fourth-order valence-electron chi connectivity index (χ4n) is 3.11. The quantitative estimate of drug-likeness (QED) is 0.449. The molecule has 1 saturated carbocycles. The zero-order chi connectivity index (χ0) is 18.4. The fourth-order valence-corrected chi connectivity index (χ4v) is 4.81. The van der Waals surface area contributed by atoms with E-state index in [9.17, 15) is 18.4 Å². The number of ether oxygens (including phenoxy) is 2. The molecule has 1 aromatic rings. The van der Waals surface area contributed by atoms with Crippen molar-refractivity contribution in [1.29, 1.82) is 0 Å². The number of amides is 1. The highest BCUT2D eigenvalue weighted by molar-refractivity contribution is 7.89. The summed E-state index contributed by atoms with van der Waals surface area (Å²) in [6.07, 6.45) is -0.0530. The number of sulfonamides is 1. The molecule has 3 atom stereocenters. The number of fused-ring (bicyclic) bond motifs is 1. The summed E-state index contributed by atoms with van der Waals surface area (Å²) in [5, 5.41) is 11.3. The number of nitrogens with zero attached hydrogens (tertiary/aromatic N) is 1. The van der Waals surface area contributed by atoms with Gasteiger partial charge in [0.2, 0.25) is 0 Å². The molecule has 1 unspecified atom stereocenters. The first-order valence-electron chi connectivity index (χ1n) is 8.12. The Labute approximate surface area is 152 Å². The maximum atomic E-state index is 13.2. The molecule has 0 radical (unpaired) electrons. The lowest BCUT2D eigenvalue weighted by atomic mass is 10.2. The van der Waals surface area contributed by atoms with E-state index in [1.807, 2.05) is 0 Å². The lowest BCUT2D eigenvalue weighted by Gasteiger charge is -2.31. The molecule has 0 aromatic heterocycles. The van der Waals surface area contributed by atoms with Gasteiger partial charge in [0.15, 0.2) is 0 Å². The van der Waals surface area contributed by atoms with Crippen molar-refractivity contribution < 1.29 is 33.6 Å². The second-order valence-electron chi connectivity index (χ2n) is 7.22. The number of nitrogens with two attached hydrogens (primary N) is 1. The predicted octanol–water partition coefficient (Wildman–Crippen LogP) is 0.410. The SMILES string of the molecule is CC(C)(C)OC(=O)N([C@H]1CCC2O[C@@H]21)S(=O)(=O)c1ccccc1[NH2+][O-].O. The minimum Gasteiger partial charge on any atom is -0.630 e. The van der Waals surface area contributed by atoms with Gasteiger partial charge in [-0.15, -0.1) is 0 Å². The Morgan fingerprint density at radius 1 is 1.31 bits per heavy atom. The average Bonchev–Trinajstić information content (AvgIpc) is 3.19. The molecule has 1 aliphatic carbocycles. The zero-order valence-corrected chi connectivity index (χ0v) is 15.7. The highest BCUT2D eigenvalue weighted by Crippen LogP contribution is 2.43. The summed E-state index contributed by atoms with van der Waals surface area (Å²) >= 11 is 0. The van der Waals surface area contributed by atoms with Crippen LogP contribution in [0, 0.1) is 5.21 Å². The maximum Gasteiger partial charge on any atom is 0.424 e. The normalized spacial score (nSPS) is 24.4. The van der Waals surface area contributed by atoms with Gasteiger partial charge in [-0.1, -0.05) is 12.1 Å². The number of quaternary nitrogens is 1. The fraction of sp³-hybridized carbons (Fsp3) is 0.562.